The number of benzene rings is 2. The lowest BCUT2D eigenvalue weighted by Crippen LogP contribution is -2.30. The lowest BCUT2D eigenvalue weighted by Gasteiger charge is -2.10. The lowest BCUT2D eigenvalue weighted by molar-refractivity contribution is 0.0943. The Labute approximate surface area is 152 Å². The Kier molecular flexibility index (Phi) is 5.15. The number of rotatable bonds is 6. The summed E-state index contributed by atoms with van der Waals surface area (Å²) in [5, 5.41) is 2.76. The number of hydrogen-bond donors (Lipinski definition) is 2. The van der Waals surface area contributed by atoms with Crippen LogP contribution in [0.25, 0.3) is 0 Å². The van der Waals surface area contributed by atoms with Crippen molar-refractivity contribution in [1.82, 2.24) is 10.0 Å². The number of ether oxygens (including phenoxy) is 2. The van der Waals surface area contributed by atoms with Gasteiger partial charge >= 0.3 is 0 Å². The third kappa shape index (κ3) is 4.14. The molecule has 0 aliphatic carbocycles. The largest absolute Gasteiger partial charge is 0.454 e. The van der Waals surface area contributed by atoms with Crippen LogP contribution in [-0.2, 0) is 16.6 Å². The highest BCUT2D eigenvalue weighted by molar-refractivity contribution is 7.89. The molecule has 0 unspecified atom stereocenters. The van der Waals surface area contributed by atoms with Gasteiger partial charge < -0.3 is 14.8 Å². The van der Waals surface area contributed by atoms with Gasteiger partial charge in [0.2, 0.25) is 16.8 Å². The van der Waals surface area contributed by atoms with E-state index < -0.39 is 10.0 Å². The molecule has 8 heteroatoms. The number of hydrogen-bond acceptors (Lipinski definition) is 5. The Morgan fingerprint density at radius 3 is 2.46 bits per heavy atom. The lowest BCUT2D eigenvalue weighted by atomic mass is 10.2. The van der Waals surface area contributed by atoms with Crippen molar-refractivity contribution in [3.63, 3.8) is 0 Å². The summed E-state index contributed by atoms with van der Waals surface area (Å²) in [5.41, 5.74) is 1.17. The first-order valence-electron chi connectivity index (χ1n) is 8.14. The quantitative estimate of drug-likeness (QED) is 0.805. The third-order valence-corrected chi connectivity index (χ3v) is 5.17. The van der Waals surface area contributed by atoms with Crippen LogP contribution in [0.4, 0.5) is 0 Å². The average molecular weight is 376 g/mol. The molecule has 0 saturated heterocycles. The number of sulfonamides is 1. The fraction of sp³-hybridized carbons (Fsp3) is 0.278. The van der Waals surface area contributed by atoms with Crippen LogP contribution in [0.1, 0.15) is 29.8 Å². The topological polar surface area (TPSA) is 93.7 Å². The van der Waals surface area contributed by atoms with Crippen LogP contribution in [0, 0.1) is 0 Å². The highest BCUT2D eigenvalue weighted by Crippen LogP contribution is 2.32. The first-order chi connectivity index (χ1) is 12.3. The Hall–Kier alpha value is -2.58. The molecule has 1 aliphatic rings. The second kappa shape index (κ2) is 7.35. The van der Waals surface area contributed by atoms with Crippen molar-refractivity contribution in [3.05, 3.63) is 53.6 Å². The molecule has 1 amide bonds. The summed E-state index contributed by atoms with van der Waals surface area (Å²) in [5.74, 6) is 1.01. The average Bonchev–Trinajstić information content (AvgIpc) is 3.07. The fourth-order valence-electron chi connectivity index (χ4n) is 2.44. The molecule has 0 bridgehead atoms. The molecule has 1 heterocycles. The smallest absolute Gasteiger partial charge is 0.251 e. The molecular weight excluding hydrogens is 356 g/mol. The monoisotopic (exact) mass is 376 g/mol. The number of carbonyl (C=O) groups excluding carboxylic acids is 1. The SMILES string of the molecule is CC(C)NC(=O)c1ccc(S(=O)(=O)NCc2ccc3c(c2)OCO3)cc1. The van der Waals surface area contributed by atoms with Gasteiger partial charge in [-0.15, -0.1) is 0 Å². The van der Waals surface area contributed by atoms with E-state index in [2.05, 4.69) is 10.0 Å². The zero-order valence-corrected chi connectivity index (χ0v) is 15.3. The summed E-state index contributed by atoms with van der Waals surface area (Å²) in [6.07, 6.45) is 0. The molecule has 1 aliphatic heterocycles. The van der Waals surface area contributed by atoms with Crippen LogP contribution in [0.2, 0.25) is 0 Å². The van der Waals surface area contributed by atoms with Crippen molar-refractivity contribution in [1.29, 1.82) is 0 Å². The number of fused-ring (bicyclic) bond motifs is 1. The Balaban J connectivity index is 1.67. The second-order valence-corrected chi connectivity index (χ2v) is 7.93. The minimum absolute atomic E-state index is 0.00859. The molecule has 0 radical (unpaired) electrons. The van der Waals surface area contributed by atoms with Crippen molar-refractivity contribution in [3.8, 4) is 11.5 Å². The molecule has 3 rings (SSSR count). The summed E-state index contributed by atoms with van der Waals surface area (Å²) in [6.45, 7) is 4.00. The van der Waals surface area contributed by atoms with E-state index in [0.717, 1.165) is 5.56 Å². The van der Waals surface area contributed by atoms with Gasteiger partial charge in [0.15, 0.2) is 11.5 Å². The van der Waals surface area contributed by atoms with Crippen LogP contribution in [0.5, 0.6) is 11.5 Å². The zero-order valence-electron chi connectivity index (χ0n) is 14.5. The minimum Gasteiger partial charge on any atom is -0.454 e. The van der Waals surface area contributed by atoms with Crippen LogP contribution in [0.3, 0.4) is 0 Å². The molecule has 0 spiro atoms. The van der Waals surface area contributed by atoms with Gasteiger partial charge in [-0.05, 0) is 55.8 Å². The Morgan fingerprint density at radius 1 is 1.08 bits per heavy atom. The van der Waals surface area contributed by atoms with Gasteiger partial charge in [-0.25, -0.2) is 13.1 Å². The van der Waals surface area contributed by atoms with Crippen molar-refractivity contribution >= 4 is 15.9 Å². The fourth-order valence-corrected chi connectivity index (χ4v) is 3.46. The van der Waals surface area contributed by atoms with Gasteiger partial charge in [0.1, 0.15) is 0 Å². The summed E-state index contributed by atoms with van der Waals surface area (Å²) < 4.78 is 37.9. The number of amides is 1. The molecule has 138 valence electrons. The molecule has 0 atom stereocenters. The van der Waals surface area contributed by atoms with Gasteiger partial charge in [-0.3, -0.25) is 4.79 Å². The van der Waals surface area contributed by atoms with Crippen molar-refractivity contribution < 1.29 is 22.7 Å². The van der Waals surface area contributed by atoms with Gasteiger partial charge in [0.25, 0.3) is 5.91 Å². The van der Waals surface area contributed by atoms with Gasteiger partial charge in [0, 0.05) is 18.2 Å². The standard InChI is InChI=1S/C18H20N2O5S/c1-12(2)20-18(21)14-4-6-15(7-5-14)26(22,23)19-10-13-3-8-16-17(9-13)25-11-24-16/h3-9,12,19H,10-11H2,1-2H3,(H,20,21). The molecule has 26 heavy (non-hydrogen) atoms. The van der Waals surface area contributed by atoms with E-state index >= 15 is 0 Å². The number of carbonyl (C=O) groups is 1. The molecule has 2 aromatic carbocycles. The maximum atomic E-state index is 12.4. The summed E-state index contributed by atoms with van der Waals surface area (Å²) in [4.78, 5) is 12.0. The maximum Gasteiger partial charge on any atom is 0.251 e. The summed E-state index contributed by atoms with van der Waals surface area (Å²) >= 11 is 0. The number of nitrogens with one attached hydrogen (secondary N) is 2. The molecule has 2 N–H and O–H groups in total. The van der Waals surface area contributed by atoms with Crippen LogP contribution < -0.4 is 19.5 Å². The first kappa shape index (κ1) is 18.2. The van der Waals surface area contributed by atoms with E-state index in [1.165, 1.54) is 24.3 Å². The van der Waals surface area contributed by atoms with E-state index in [0.29, 0.717) is 17.1 Å². The molecule has 0 saturated carbocycles. The van der Waals surface area contributed by atoms with E-state index in [9.17, 15) is 13.2 Å². The highest BCUT2D eigenvalue weighted by Gasteiger charge is 2.17. The van der Waals surface area contributed by atoms with Crippen molar-refractivity contribution in [2.45, 2.75) is 31.3 Å². The van der Waals surface area contributed by atoms with Gasteiger partial charge in [0.05, 0.1) is 4.90 Å². The van der Waals surface area contributed by atoms with E-state index in [-0.39, 0.29) is 30.2 Å². The predicted octanol–water partition coefficient (Wildman–Crippen LogP) is 2.03. The molecule has 0 fully saturated rings. The van der Waals surface area contributed by atoms with E-state index in [1.807, 2.05) is 13.8 Å². The third-order valence-electron chi connectivity index (χ3n) is 3.75. The Bertz CT molecular complexity index is 908. The molecular formula is C18H20N2O5S. The van der Waals surface area contributed by atoms with E-state index in [4.69, 9.17) is 9.47 Å². The van der Waals surface area contributed by atoms with Gasteiger partial charge in [-0.1, -0.05) is 6.07 Å². The van der Waals surface area contributed by atoms with Crippen LogP contribution in [-0.4, -0.2) is 27.2 Å². The van der Waals surface area contributed by atoms with E-state index in [1.54, 1.807) is 18.2 Å². The summed E-state index contributed by atoms with van der Waals surface area (Å²) in [7, 11) is -3.69. The minimum atomic E-state index is -3.69. The highest BCUT2D eigenvalue weighted by atomic mass is 32.2. The molecule has 0 aromatic heterocycles. The van der Waals surface area contributed by atoms with Crippen molar-refractivity contribution in [2.75, 3.05) is 6.79 Å². The normalized spacial score (nSPS) is 13.0. The molecule has 2 aromatic rings. The second-order valence-electron chi connectivity index (χ2n) is 6.16. The van der Waals surface area contributed by atoms with Crippen LogP contribution >= 0.6 is 0 Å². The van der Waals surface area contributed by atoms with Gasteiger partial charge in [-0.2, -0.15) is 0 Å². The van der Waals surface area contributed by atoms with Crippen molar-refractivity contribution in [2.24, 2.45) is 0 Å². The predicted molar refractivity (Wildman–Crippen MR) is 95.6 cm³/mol. The first-order valence-corrected chi connectivity index (χ1v) is 9.62. The van der Waals surface area contributed by atoms with Crippen LogP contribution in [0.15, 0.2) is 47.4 Å². The molecule has 7 nitrogen and oxygen atoms in total. The Morgan fingerprint density at radius 2 is 1.77 bits per heavy atom. The maximum absolute atomic E-state index is 12.4. The zero-order chi connectivity index (χ0) is 18.7. The summed E-state index contributed by atoms with van der Waals surface area (Å²) in [6, 6.07) is 11.1.